The average molecular weight is 431 g/mol. The smallest absolute Gasteiger partial charge is 0.239 e. The number of aromatic nitrogens is 2. The summed E-state index contributed by atoms with van der Waals surface area (Å²) < 4.78 is 6.32. The van der Waals surface area contributed by atoms with Gasteiger partial charge < -0.3 is 15.4 Å². The zero-order chi connectivity index (χ0) is 20.3. The lowest BCUT2D eigenvalue weighted by Crippen LogP contribution is -2.52. The van der Waals surface area contributed by atoms with Crippen LogP contribution in [0.2, 0.25) is 0 Å². The van der Waals surface area contributed by atoms with E-state index in [0.717, 1.165) is 61.2 Å². The number of likely N-dealkylation sites (tertiary alicyclic amines) is 1. The Balaban J connectivity index is 0.00000256. The zero-order valence-electron chi connectivity index (χ0n) is 17.5. The average Bonchev–Trinajstić information content (AvgIpc) is 2.78. The third-order valence-electron chi connectivity index (χ3n) is 6.15. The number of hydrogen-bond donors (Lipinski definition) is 1. The topological polar surface area (TPSA) is 81.3 Å². The molecule has 0 bridgehead atoms. The van der Waals surface area contributed by atoms with Gasteiger partial charge in [-0.15, -0.1) is 12.4 Å². The molecule has 3 heterocycles. The lowest BCUT2D eigenvalue weighted by atomic mass is 9.83. The first-order valence-corrected chi connectivity index (χ1v) is 10.7. The van der Waals surface area contributed by atoms with E-state index in [2.05, 4.69) is 11.9 Å². The van der Waals surface area contributed by atoms with E-state index in [1.54, 1.807) is 0 Å². The number of nitrogens with two attached hydrogens (primary N) is 1. The summed E-state index contributed by atoms with van der Waals surface area (Å²) in [5, 5.41) is 0. The van der Waals surface area contributed by atoms with Gasteiger partial charge in [-0.25, -0.2) is 9.97 Å². The van der Waals surface area contributed by atoms with Crippen LogP contribution in [-0.4, -0.2) is 46.5 Å². The highest BCUT2D eigenvalue weighted by Crippen LogP contribution is 2.41. The number of fused-ring (bicyclic) bond motifs is 2. The maximum atomic E-state index is 12.7. The van der Waals surface area contributed by atoms with E-state index in [1.165, 1.54) is 0 Å². The fourth-order valence-corrected chi connectivity index (χ4v) is 4.39. The third-order valence-corrected chi connectivity index (χ3v) is 6.15. The second-order valence-electron chi connectivity index (χ2n) is 8.10. The first-order chi connectivity index (χ1) is 14.1. The maximum absolute atomic E-state index is 12.7. The van der Waals surface area contributed by atoms with Crippen molar-refractivity contribution in [3.8, 4) is 11.4 Å². The van der Waals surface area contributed by atoms with Gasteiger partial charge in [-0.1, -0.05) is 50.1 Å². The zero-order valence-corrected chi connectivity index (χ0v) is 18.4. The van der Waals surface area contributed by atoms with Gasteiger partial charge in [-0.2, -0.15) is 0 Å². The van der Waals surface area contributed by atoms with Crippen LogP contribution < -0.4 is 5.73 Å². The van der Waals surface area contributed by atoms with Crippen molar-refractivity contribution in [1.29, 1.82) is 0 Å². The summed E-state index contributed by atoms with van der Waals surface area (Å²) >= 11 is 0. The van der Waals surface area contributed by atoms with Crippen molar-refractivity contribution in [2.75, 3.05) is 19.7 Å². The van der Waals surface area contributed by atoms with Gasteiger partial charge >= 0.3 is 0 Å². The minimum absolute atomic E-state index is 0. The number of rotatable bonds is 5. The number of benzene rings is 1. The SMILES string of the molecule is CCCC[C@H](N)C(=O)N1CCC2(CC1)OCCc1cnc(-c3ccccc3)nc12.Cl. The summed E-state index contributed by atoms with van der Waals surface area (Å²) in [4.78, 5) is 24.1. The predicted octanol–water partition coefficient (Wildman–Crippen LogP) is 3.47. The van der Waals surface area contributed by atoms with Crippen molar-refractivity contribution in [3.63, 3.8) is 0 Å². The van der Waals surface area contributed by atoms with Crippen LogP contribution in [0.15, 0.2) is 36.5 Å². The van der Waals surface area contributed by atoms with Crippen LogP contribution in [0.25, 0.3) is 11.4 Å². The monoisotopic (exact) mass is 430 g/mol. The van der Waals surface area contributed by atoms with E-state index in [4.69, 9.17) is 15.5 Å². The molecule has 2 aliphatic heterocycles. The fourth-order valence-electron chi connectivity index (χ4n) is 4.39. The molecule has 162 valence electrons. The van der Waals surface area contributed by atoms with Gasteiger partial charge in [0.25, 0.3) is 0 Å². The van der Waals surface area contributed by atoms with Crippen molar-refractivity contribution < 1.29 is 9.53 Å². The molecule has 1 aromatic heterocycles. The Bertz CT molecular complexity index is 854. The Morgan fingerprint density at radius 1 is 1.27 bits per heavy atom. The molecule has 0 saturated carbocycles. The molecule has 6 nitrogen and oxygen atoms in total. The molecule has 30 heavy (non-hydrogen) atoms. The molecule has 0 radical (unpaired) electrons. The van der Waals surface area contributed by atoms with Crippen LogP contribution in [0.4, 0.5) is 0 Å². The molecule has 1 fully saturated rings. The maximum Gasteiger partial charge on any atom is 0.239 e. The van der Waals surface area contributed by atoms with Crippen LogP contribution >= 0.6 is 12.4 Å². The highest BCUT2D eigenvalue weighted by Gasteiger charge is 2.43. The number of ether oxygens (including phenoxy) is 1. The van der Waals surface area contributed by atoms with Gasteiger partial charge in [0, 0.05) is 24.8 Å². The molecule has 2 N–H and O–H groups in total. The lowest BCUT2D eigenvalue weighted by Gasteiger charge is -2.44. The van der Waals surface area contributed by atoms with E-state index in [1.807, 2.05) is 41.4 Å². The Labute approximate surface area is 184 Å². The third kappa shape index (κ3) is 4.51. The molecule has 2 aromatic rings. The molecule has 4 rings (SSSR count). The van der Waals surface area contributed by atoms with Gasteiger partial charge in [-0.05, 0) is 31.2 Å². The quantitative estimate of drug-likeness (QED) is 0.785. The molecule has 1 atom stereocenters. The Hall–Kier alpha value is -2.02. The molecule has 1 amide bonds. The van der Waals surface area contributed by atoms with Crippen molar-refractivity contribution in [2.24, 2.45) is 5.73 Å². The molecule has 1 spiro atoms. The highest BCUT2D eigenvalue weighted by atomic mass is 35.5. The molecular formula is C23H31ClN4O2. The number of nitrogens with zero attached hydrogens (tertiary/aromatic N) is 3. The van der Waals surface area contributed by atoms with Crippen LogP contribution in [0.5, 0.6) is 0 Å². The standard InChI is InChI=1S/C23H30N4O2.ClH/c1-2-3-9-19(24)22(28)27-13-11-23(12-14-27)20-18(10-15-29-23)16-25-21(26-20)17-7-5-4-6-8-17;/h4-8,16,19H,2-3,9-15,24H2,1H3;1H/t19-;/m0./s1. The first kappa shape index (κ1) is 22.7. The Morgan fingerprint density at radius 3 is 2.70 bits per heavy atom. The van der Waals surface area contributed by atoms with Gasteiger partial charge in [0.15, 0.2) is 5.82 Å². The molecule has 7 heteroatoms. The number of piperidine rings is 1. The molecule has 1 saturated heterocycles. The number of amides is 1. The largest absolute Gasteiger partial charge is 0.368 e. The molecule has 0 unspecified atom stereocenters. The summed E-state index contributed by atoms with van der Waals surface area (Å²) in [5.74, 6) is 0.798. The minimum Gasteiger partial charge on any atom is -0.368 e. The van der Waals surface area contributed by atoms with Crippen molar-refractivity contribution in [1.82, 2.24) is 14.9 Å². The first-order valence-electron chi connectivity index (χ1n) is 10.7. The minimum atomic E-state index is -0.426. The second kappa shape index (κ2) is 9.86. The van der Waals surface area contributed by atoms with E-state index >= 15 is 0 Å². The highest BCUT2D eigenvalue weighted by molar-refractivity contribution is 5.85. The van der Waals surface area contributed by atoms with Gasteiger partial charge in [0.05, 0.1) is 18.3 Å². The van der Waals surface area contributed by atoms with Gasteiger partial charge in [-0.3, -0.25) is 4.79 Å². The van der Waals surface area contributed by atoms with Gasteiger partial charge in [0.1, 0.15) is 5.60 Å². The van der Waals surface area contributed by atoms with E-state index in [-0.39, 0.29) is 18.3 Å². The van der Waals surface area contributed by atoms with Crippen LogP contribution in [-0.2, 0) is 21.6 Å². The Kier molecular flexibility index (Phi) is 7.45. The lowest BCUT2D eigenvalue weighted by molar-refractivity contribution is -0.142. The number of carbonyl (C=O) groups is 1. The summed E-state index contributed by atoms with van der Waals surface area (Å²) in [6.07, 6.45) is 7.07. The van der Waals surface area contributed by atoms with E-state index < -0.39 is 11.6 Å². The summed E-state index contributed by atoms with van der Waals surface area (Å²) in [7, 11) is 0. The van der Waals surface area contributed by atoms with Crippen molar-refractivity contribution in [3.05, 3.63) is 47.8 Å². The molecular weight excluding hydrogens is 400 g/mol. The molecule has 0 aliphatic carbocycles. The Morgan fingerprint density at radius 2 is 2.00 bits per heavy atom. The van der Waals surface area contributed by atoms with Crippen molar-refractivity contribution >= 4 is 18.3 Å². The summed E-state index contributed by atoms with van der Waals surface area (Å²) in [6, 6.07) is 9.64. The normalized spacial score (nSPS) is 18.4. The van der Waals surface area contributed by atoms with Gasteiger partial charge in [0.2, 0.25) is 5.91 Å². The predicted molar refractivity (Wildman–Crippen MR) is 119 cm³/mol. The number of halogens is 1. The second-order valence-corrected chi connectivity index (χ2v) is 8.10. The van der Waals surface area contributed by atoms with Crippen LogP contribution in [0.1, 0.15) is 50.3 Å². The summed E-state index contributed by atoms with van der Waals surface area (Å²) in [5.41, 5.74) is 8.86. The fraction of sp³-hybridized carbons (Fsp3) is 0.522. The molecule has 2 aliphatic rings. The number of hydrogen-bond acceptors (Lipinski definition) is 5. The van der Waals surface area contributed by atoms with E-state index in [0.29, 0.717) is 19.7 Å². The molecule has 1 aromatic carbocycles. The van der Waals surface area contributed by atoms with E-state index in [9.17, 15) is 4.79 Å². The van der Waals surface area contributed by atoms with Crippen LogP contribution in [0, 0.1) is 0 Å². The van der Waals surface area contributed by atoms with Crippen molar-refractivity contribution in [2.45, 2.75) is 57.1 Å². The number of carbonyl (C=O) groups excluding carboxylic acids is 1. The number of unbranched alkanes of at least 4 members (excludes halogenated alkanes) is 1. The summed E-state index contributed by atoms with van der Waals surface area (Å²) in [6.45, 7) is 4.10. The van der Waals surface area contributed by atoms with Crippen LogP contribution in [0.3, 0.4) is 0 Å².